The lowest BCUT2D eigenvalue weighted by Gasteiger charge is -1.97. The molecule has 54 valence electrons. The number of rotatable bonds is 2. The van der Waals surface area contributed by atoms with Gasteiger partial charge in [0.05, 0.1) is 0 Å². The molecule has 0 bridgehead atoms. The highest BCUT2D eigenvalue weighted by atomic mass is 127. The minimum atomic E-state index is 1.27. The van der Waals surface area contributed by atoms with Crippen molar-refractivity contribution in [2.75, 3.05) is 0 Å². The van der Waals surface area contributed by atoms with E-state index in [4.69, 9.17) is 0 Å². The van der Waals surface area contributed by atoms with E-state index < -0.39 is 0 Å². The zero-order chi connectivity index (χ0) is 7.40. The van der Waals surface area contributed by atoms with Crippen molar-refractivity contribution in [3.05, 3.63) is 33.4 Å². The van der Waals surface area contributed by atoms with Crippen molar-refractivity contribution in [1.29, 1.82) is 0 Å². The fourth-order valence-electron chi connectivity index (χ4n) is 0.981. The first-order valence-electron chi connectivity index (χ1n) is 3.57. The summed E-state index contributed by atoms with van der Waals surface area (Å²) >= 11 is 2.36. The van der Waals surface area contributed by atoms with Crippen LogP contribution in [0.5, 0.6) is 0 Å². The summed E-state index contributed by atoms with van der Waals surface area (Å²) < 4.78 is 1.35. The van der Waals surface area contributed by atoms with E-state index in [9.17, 15) is 0 Å². The van der Waals surface area contributed by atoms with Crippen LogP contribution in [0.3, 0.4) is 0 Å². The lowest BCUT2D eigenvalue weighted by atomic mass is 10.2. The van der Waals surface area contributed by atoms with Crippen LogP contribution in [-0.2, 0) is 6.42 Å². The van der Waals surface area contributed by atoms with E-state index in [1.165, 1.54) is 31.8 Å². The molecule has 0 saturated carbocycles. The van der Waals surface area contributed by atoms with E-state index in [-0.39, 0.29) is 0 Å². The molecule has 1 aromatic carbocycles. The SMILES string of the molecule is [SiH3]CCc1cccc(I)c1. The first kappa shape index (κ1) is 8.27. The first-order chi connectivity index (χ1) is 4.83. The van der Waals surface area contributed by atoms with Gasteiger partial charge in [-0.1, -0.05) is 18.2 Å². The van der Waals surface area contributed by atoms with Crippen molar-refractivity contribution in [3.8, 4) is 0 Å². The van der Waals surface area contributed by atoms with Crippen molar-refractivity contribution in [3.63, 3.8) is 0 Å². The average Bonchev–Trinajstić information content (AvgIpc) is 1.88. The third-order valence-corrected chi connectivity index (χ3v) is 2.60. The minimum Gasteiger partial charge on any atom is -0.0619 e. The van der Waals surface area contributed by atoms with Gasteiger partial charge in [-0.3, -0.25) is 0 Å². The lowest BCUT2D eigenvalue weighted by Crippen LogP contribution is -1.83. The van der Waals surface area contributed by atoms with Crippen LogP contribution in [0.2, 0.25) is 6.04 Å². The average molecular weight is 262 g/mol. The molecule has 0 heterocycles. The summed E-state index contributed by atoms with van der Waals surface area (Å²) in [6.07, 6.45) is 1.27. The molecule has 0 fully saturated rings. The monoisotopic (exact) mass is 262 g/mol. The van der Waals surface area contributed by atoms with Gasteiger partial charge in [0, 0.05) is 13.8 Å². The van der Waals surface area contributed by atoms with Gasteiger partial charge in [-0.2, -0.15) is 0 Å². The fourth-order valence-corrected chi connectivity index (χ4v) is 2.17. The lowest BCUT2D eigenvalue weighted by molar-refractivity contribution is 1.13. The zero-order valence-electron chi connectivity index (χ0n) is 6.10. The van der Waals surface area contributed by atoms with Crippen LogP contribution in [0.25, 0.3) is 0 Å². The fraction of sp³-hybridized carbons (Fsp3) is 0.250. The highest BCUT2D eigenvalue weighted by Crippen LogP contribution is 2.08. The Morgan fingerprint density at radius 3 is 2.80 bits per heavy atom. The van der Waals surface area contributed by atoms with Crippen LogP contribution in [-0.4, -0.2) is 10.2 Å². The van der Waals surface area contributed by atoms with E-state index in [1.807, 2.05) is 0 Å². The van der Waals surface area contributed by atoms with Gasteiger partial charge in [0.2, 0.25) is 0 Å². The summed E-state index contributed by atoms with van der Waals surface area (Å²) in [6, 6.07) is 10.1. The van der Waals surface area contributed by atoms with Crippen LogP contribution in [0, 0.1) is 3.57 Å². The molecule has 0 N–H and O–H groups in total. The van der Waals surface area contributed by atoms with Gasteiger partial charge in [-0.15, -0.1) is 0 Å². The molecule has 10 heavy (non-hydrogen) atoms. The number of benzene rings is 1. The molecule has 0 spiro atoms. The Morgan fingerprint density at radius 2 is 2.20 bits per heavy atom. The molecular weight excluding hydrogens is 251 g/mol. The van der Waals surface area contributed by atoms with Crippen LogP contribution >= 0.6 is 22.6 Å². The summed E-state index contributed by atoms with van der Waals surface area (Å²) in [5, 5.41) is 0. The van der Waals surface area contributed by atoms with Crippen molar-refractivity contribution in [2.45, 2.75) is 12.5 Å². The van der Waals surface area contributed by atoms with Gasteiger partial charge in [-0.05, 0) is 46.7 Å². The van der Waals surface area contributed by atoms with E-state index in [0.717, 1.165) is 0 Å². The number of hydrogen-bond acceptors (Lipinski definition) is 0. The van der Waals surface area contributed by atoms with Gasteiger partial charge < -0.3 is 0 Å². The van der Waals surface area contributed by atoms with Crippen LogP contribution in [0.4, 0.5) is 0 Å². The van der Waals surface area contributed by atoms with Crippen molar-refractivity contribution in [1.82, 2.24) is 0 Å². The van der Waals surface area contributed by atoms with E-state index in [1.54, 1.807) is 0 Å². The highest BCUT2D eigenvalue weighted by Gasteiger charge is 1.89. The predicted molar refractivity (Wildman–Crippen MR) is 57.6 cm³/mol. The van der Waals surface area contributed by atoms with Crippen LogP contribution in [0.1, 0.15) is 5.56 Å². The topological polar surface area (TPSA) is 0 Å². The van der Waals surface area contributed by atoms with Gasteiger partial charge in [0.15, 0.2) is 0 Å². The number of hydrogen-bond donors (Lipinski definition) is 0. The summed E-state index contributed by atoms with van der Waals surface area (Å²) in [4.78, 5) is 0. The molecule has 1 aromatic rings. The van der Waals surface area contributed by atoms with E-state index >= 15 is 0 Å². The van der Waals surface area contributed by atoms with E-state index in [0.29, 0.717) is 0 Å². The smallest absolute Gasteiger partial charge is 0.0133 e. The highest BCUT2D eigenvalue weighted by molar-refractivity contribution is 14.1. The molecule has 0 atom stereocenters. The largest absolute Gasteiger partial charge is 0.0619 e. The van der Waals surface area contributed by atoms with Crippen LogP contribution < -0.4 is 0 Å². The summed E-state index contributed by atoms with van der Waals surface area (Å²) in [5.41, 5.74) is 1.49. The van der Waals surface area contributed by atoms with Gasteiger partial charge in [-0.25, -0.2) is 0 Å². The Hall–Kier alpha value is 0.167. The molecule has 0 aromatic heterocycles. The maximum atomic E-state index is 2.36. The van der Waals surface area contributed by atoms with Gasteiger partial charge in [0.1, 0.15) is 0 Å². The summed E-state index contributed by atoms with van der Waals surface area (Å²) in [5.74, 6) is 0. The summed E-state index contributed by atoms with van der Waals surface area (Å²) in [7, 11) is 1.32. The first-order valence-corrected chi connectivity index (χ1v) is 6.06. The second-order valence-corrected chi connectivity index (χ2v) is 4.63. The standard InChI is InChI=1S/C8H11ISi/c9-8-3-1-2-7(6-8)4-5-10/h1-3,6H,4-5H2,10H3. The Balaban J connectivity index is 2.75. The van der Waals surface area contributed by atoms with E-state index in [2.05, 4.69) is 46.9 Å². The molecule has 0 saturated heterocycles. The molecule has 0 aliphatic rings. The normalized spacial score (nSPS) is 10.1. The van der Waals surface area contributed by atoms with Crippen molar-refractivity contribution < 1.29 is 0 Å². The third-order valence-electron chi connectivity index (χ3n) is 1.43. The molecule has 1 rings (SSSR count). The third kappa shape index (κ3) is 2.42. The predicted octanol–water partition coefficient (Wildman–Crippen LogP) is 1.62. The molecule has 0 aliphatic heterocycles. The molecule has 2 heteroatoms. The second-order valence-electron chi connectivity index (χ2n) is 2.38. The van der Waals surface area contributed by atoms with Gasteiger partial charge in [0.25, 0.3) is 0 Å². The minimum absolute atomic E-state index is 1.27. The Bertz CT molecular complexity index is 210. The zero-order valence-corrected chi connectivity index (χ0v) is 10.3. The summed E-state index contributed by atoms with van der Waals surface area (Å²) in [6.45, 7) is 0. The van der Waals surface area contributed by atoms with Gasteiger partial charge >= 0.3 is 0 Å². The number of aryl methyl sites for hydroxylation is 1. The molecule has 0 unspecified atom stereocenters. The van der Waals surface area contributed by atoms with Crippen molar-refractivity contribution >= 4 is 32.8 Å². The molecule has 0 amide bonds. The maximum Gasteiger partial charge on any atom is 0.0133 e. The van der Waals surface area contributed by atoms with Crippen LogP contribution in [0.15, 0.2) is 24.3 Å². The molecule has 0 radical (unpaired) electrons. The van der Waals surface area contributed by atoms with Crippen molar-refractivity contribution in [2.24, 2.45) is 0 Å². The number of halogens is 1. The maximum absolute atomic E-state index is 2.36. The Labute approximate surface area is 78.6 Å². The molecular formula is C8H11ISi. The Morgan fingerprint density at radius 1 is 1.40 bits per heavy atom. The second kappa shape index (κ2) is 4.13. The quantitative estimate of drug-likeness (QED) is 0.561. The molecule has 0 aliphatic carbocycles. The molecule has 0 nitrogen and oxygen atoms in total. The Kier molecular flexibility index (Phi) is 3.41.